The molecule has 5 heteroatoms. The van der Waals surface area contributed by atoms with Crippen LogP contribution in [0.15, 0.2) is 29.2 Å². The van der Waals surface area contributed by atoms with Gasteiger partial charge in [0.05, 0.1) is 0 Å². The fourth-order valence-electron chi connectivity index (χ4n) is 1.34. The second-order valence-electron chi connectivity index (χ2n) is 3.48. The van der Waals surface area contributed by atoms with Gasteiger partial charge in [-0.25, -0.2) is 12.8 Å². The maximum Gasteiger partial charge on any atom is 0.188 e. The largest absolute Gasteiger partial charge is 0.299 e. The van der Waals surface area contributed by atoms with Gasteiger partial charge in [-0.1, -0.05) is 19.1 Å². The lowest BCUT2D eigenvalue weighted by Crippen LogP contribution is -2.16. The van der Waals surface area contributed by atoms with Gasteiger partial charge in [-0.3, -0.25) is 4.79 Å². The van der Waals surface area contributed by atoms with Crippen LogP contribution in [-0.4, -0.2) is 20.0 Å². The van der Waals surface area contributed by atoms with Crippen LogP contribution in [0.3, 0.4) is 0 Å². The summed E-state index contributed by atoms with van der Waals surface area (Å²) in [5, 5.41) is 0. The molecule has 0 N–H and O–H groups in total. The molecular formula is C11H13FO3S. The summed E-state index contributed by atoms with van der Waals surface area (Å²) in [6.45, 7) is 1.79. The van der Waals surface area contributed by atoms with Gasteiger partial charge in [-0.15, -0.1) is 0 Å². The van der Waals surface area contributed by atoms with Crippen molar-refractivity contribution >= 4 is 15.6 Å². The van der Waals surface area contributed by atoms with E-state index in [4.69, 9.17) is 0 Å². The Labute approximate surface area is 94.2 Å². The Morgan fingerprint density at radius 2 is 1.94 bits per heavy atom. The summed E-state index contributed by atoms with van der Waals surface area (Å²) in [5.74, 6) is -1.82. The lowest BCUT2D eigenvalue weighted by Gasteiger charge is -2.04. The van der Waals surface area contributed by atoms with Crippen molar-refractivity contribution in [3.8, 4) is 0 Å². The molecule has 3 nitrogen and oxygen atoms in total. The SMILES string of the molecule is CCCC(=O)CS(=O)(=O)c1ccccc1F. The van der Waals surface area contributed by atoms with Gasteiger partial charge in [0.15, 0.2) is 9.84 Å². The minimum atomic E-state index is -3.84. The van der Waals surface area contributed by atoms with Gasteiger partial charge >= 0.3 is 0 Å². The van der Waals surface area contributed by atoms with Crippen molar-refractivity contribution in [3.63, 3.8) is 0 Å². The van der Waals surface area contributed by atoms with Crippen molar-refractivity contribution in [3.05, 3.63) is 30.1 Å². The number of Topliss-reactive ketones (excluding diaryl/α,β-unsaturated/α-hetero) is 1. The van der Waals surface area contributed by atoms with Gasteiger partial charge in [0, 0.05) is 6.42 Å². The van der Waals surface area contributed by atoms with Crippen molar-refractivity contribution in [2.75, 3.05) is 5.75 Å². The van der Waals surface area contributed by atoms with Crippen LogP contribution >= 0.6 is 0 Å². The summed E-state index contributed by atoms with van der Waals surface area (Å²) >= 11 is 0. The first-order valence-electron chi connectivity index (χ1n) is 4.96. The van der Waals surface area contributed by atoms with Crippen molar-refractivity contribution in [1.29, 1.82) is 0 Å². The Bertz CT molecular complexity index is 480. The molecule has 0 aliphatic carbocycles. The number of hydrogen-bond donors (Lipinski definition) is 0. The van der Waals surface area contributed by atoms with Crippen LogP contribution < -0.4 is 0 Å². The first-order chi connectivity index (χ1) is 7.47. The number of carbonyl (C=O) groups is 1. The van der Waals surface area contributed by atoms with Crippen LogP contribution in [-0.2, 0) is 14.6 Å². The minimum absolute atomic E-state index is 0.202. The molecule has 0 fully saturated rings. The van der Waals surface area contributed by atoms with E-state index < -0.39 is 26.3 Å². The number of ketones is 1. The van der Waals surface area contributed by atoms with E-state index in [-0.39, 0.29) is 12.2 Å². The van der Waals surface area contributed by atoms with Gasteiger partial charge < -0.3 is 0 Å². The molecule has 0 heterocycles. The molecule has 0 bridgehead atoms. The molecule has 0 amide bonds. The van der Waals surface area contributed by atoms with Crippen molar-refractivity contribution in [2.45, 2.75) is 24.7 Å². The van der Waals surface area contributed by atoms with Crippen LogP contribution in [0.2, 0.25) is 0 Å². The molecule has 0 aliphatic heterocycles. The summed E-state index contributed by atoms with van der Waals surface area (Å²) < 4.78 is 36.6. The van der Waals surface area contributed by atoms with Gasteiger partial charge in [-0.05, 0) is 18.6 Å². The summed E-state index contributed by atoms with van der Waals surface area (Å²) in [7, 11) is -3.84. The summed E-state index contributed by atoms with van der Waals surface area (Å²) in [4.78, 5) is 10.8. The first-order valence-corrected chi connectivity index (χ1v) is 6.61. The van der Waals surface area contributed by atoms with E-state index in [1.165, 1.54) is 18.2 Å². The smallest absolute Gasteiger partial charge is 0.188 e. The molecule has 0 aliphatic rings. The van der Waals surface area contributed by atoms with Gasteiger partial charge in [-0.2, -0.15) is 0 Å². The predicted octanol–water partition coefficient (Wildman–Crippen LogP) is 1.97. The van der Waals surface area contributed by atoms with E-state index >= 15 is 0 Å². The molecule has 1 aromatic carbocycles. The third-order valence-corrected chi connectivity index (χ3v) is 3.75. The van der Waals surface area contributed by atoms with Crippen LogP contribution in [0, 0.1) is 5.82 Å². The van der Waals surface area contributed by atoms with Crippen LogP contribution in [0.25, 0.3) is 0 Å². The Balaban J connectivity index is 2.95. The third kappa shape index (κ3) is 3.13. The topological polar surface area (TPSA) is 51.2 Å². The molecule has 0 saturated heterocycles. The number of sulfone groups is 1. The first kappa shape index (κ1) is 12.8. The Morgan fingerprint density at radius 1 is 1.31 bits per heavy atom. The van der Waals surface area contributed by atoms with E-state index in [1.54, 1.807) is 6.92 Å². The molecule has 0 spiro atoms. The monoisotopic (exact) mass is 244 g/mol. The fourth-order valence-corrected chi connectivity index (χ4v) is 2.71. The quantitative estimate of drug-likeness (QED) is 0.795. The highest BCUT2D eigenvalue weighted by molar-refractivity contribution is 7.92. The van der Waals surface area contributed by atoms with E-state index in [0.29, 0.717) is 6.42 Å². The molecule has 0 unspecified atom stereocenters. The molecule has 0 radical (unpaired) electrons. The molecular weight excluding hydrogens is 231 g/mol. The van der Waals surface area contributed by atoms with E-state index in [0.717, 1.165) is 6.07 Å². The highest BCUT2D eigenvalue weighted by Crippen LogP contribution is 2.15. The Kier molecular flexibility index (Phi) is 4.18. The normalized spacial score (nSPS) is 11.4. The molecule has 0 atom stereocenters. The van der Waals surface area contributed by atoms with E-state index in [9.17, 15) is 17.6 Å². The maximum atomic E-state index is 13.2. The number of hydrogen-bond acceptors (Lipinski definition) is 3. The van der Waals surface area contributed by atoms with Crippen molar-refractivity contribution in [1.82, 2.24) is 0 Å². The van der Waals surface area contributed by atoms with Crippen LogP contribution in [0.5, 0.6) is 0 Å². The van der Waals surface area contributed by atoms with Crippen molar-refractivity contribution < 1.29 is 17.6 Å². The summed E-state index contributed by atoms with van der Waals surface area (Å²) in [6, 6.07) is 5.07. The minimum Gasteiger partial charge on any atom is -0.299 e. The molecule has 16 heavy (non-hydrogen) atoms. The van der Waals surface area contributed by atoms with Gasteiger partial charge in [0.2, 0.25) is 0 Å². The Hall–Kier alpha value is -1.23. The van der Waals surface area contributed by atoms with Crippen LogP contribution in [0.4, 0.5) is 4.39 Å². The number of rotatable bonds is 5. The molecule has 0 aromatic heterocycles. The zero-order chi connectivity index (χ0) is 12.2. The second-order valence-corrected chi connectivity index (χ2v) is 5.44. The molecule has 1 rings (SSSR count). The molecule has 1 aromatic rings. The zero-order valence-corrected chi connectivity index (χ0v) is 9.76. The summed E-state index contributed by atoms with van der Waals surface area (Å²) in [6.07, 6.45) is 0.791. The van der Waals surface area contributed by atoms with Gasteiger partial charge in [0.1, 0.15) is 22.2 Å². The number of benzene rings is 1. The standard InChI is InChI=1S/C11H13FO3S/c1-2-5-9(13)8-16(14,15)11-7-4-3-6-10(11)12/h3-4,6-7H,2,5,8H2,1H3. The number of halogens is 1. The average molecular weight is 244 g/mol. The lowest BCUT2D eigenvalue weighted by atomic mass is 10.3. The average Bonchev–Trinajstić information content (AvgIpc) is 2.17. The Morgan fingerprint density at radius 3 is 2.50 bits per heavy atom. The third-order valence-electron chi connectivity index (χ3n) is 2.05. The molecule has 0 saturated carbocycles. The fraction of sp³-hybridized carbons (Fsp3) is 0.364. The highest BCUT2D eigenvalue weighted by Gasteiger charge is 2.21. The van der Waals surface area contributed by atoms with Gasteiger partial charge in [0.25, 0.3) is 0 Å². The second kappa shape index (κ2) is 5.21. The zero-order valence-electron chi connectivity index (χ0n) is 8.94. The maximum absolute atomic E-state index is 13.2. The summed E-state index contributed by atoms with van der Waals surface area (Å²) in [5.41, 5.74) is 0. The van der Waals surface area contributed by atoms with E-state index in [1.807, 2.05) is 0 Å². The lowest BCUT2D eigenvalue weighted by molar-refractivity contribution is -0.116. The van der Waals surface area contributed by atoms with Crippen LogP contribution in [0.1, 0.15) is 19.8 Å². The van der Waals surface area contributed by atoms with E-state index in [2.05, 4.69) is 0 Å². The molecule has 88 valence electrons. The highest BCUT2D eigenvalue weighted by atomic mass is 32.2. The van der Waals surface area contributed by atoms with Crippen molar-refractivity contribution in [2.24, 2.45) is 0 Å². The number of carbonyl (C=O) groups excluding carboxylic acids is 1. The predicted molar refractivity (Wildman–Crippen MR) is 58.4 cm³/mol.